The molecular formula is C22H23FN2O4. The second-order valence-electron chi connectivity index (χ2n) is 7.27. The normalized spacial score (nSPS) is 21.1. The number of ether oxygens (including phenoxy) is 2. The molecule has 2 heterocycles. The summed E-state index contributed by atoms with van der Waals surface area (Å²) in [5, 5.41) is 3.17. The van der Waals surface area contributed by atoms with Crippen molar-refractivity contribution in [2.75, 3.05) is 24.7 Å². The number of anilines is 1. The van der Waals surface area contributed by atoms with Gasteiger partial charge < -0.3 is 14.8 Å². The summed E-state index contributed by atoms with van der Waals surface area (Å²) in [6.07, 6.45) is 2.25. The number of rotatable bonds is 5. The average molecular weight is 398 g/mol. The largest absolute Gasteiger partial charge is 0.457 e. The summed E-state index contributed by atoms with van der Waals surface area (Å²) in [4.78, 5) is 27.5. The average Bonchev–Trinajstić information content (AvgIpc) is 3.45. The zero-order valence-corrected chi connectivity index (χ0v) is 16.0. The molecule has 4 rings (SSSR count). The fourth-order valence-electron chi connectivity index (χ4n) is 3.63. The van der Waals surface area contributed by atoms with Crippen molar-refractivity contribution in [1.29, 1.82) is 0 Å². The van der Waals surface area contributed by atoms with Crippen molar-refractivity contribution in [2.24, 2.45) is 5.92 Å². The first-order valence-electron chi connectivity index (χ1n) is 9.84. The number of hydrogen-bond acceptors (Lipinski definition) is 5. The molecule has 2 aliphatic rings. The molecule has 2 amide bonds. The van der Waals surface area contributed by atoms with Crippen molar-refractivity contribution in [3.05, 3.63) is 54.3 Å². The Labute approximate surface area is 168 Å². The lowest BCUT2D eigenvalue weighted by Crippen LogP contribution is -2.49. The van der Waals surface area contributed by atoms with E-state index in [-0.39, 0.29) is 29.6 Å². The van der Waals surface area contributed by atoms with Gasteiger partial charge in [-0.3, -0.25) is 9.59 Å². The van der Waals surface area contributed by atoms with E-state index in [1.165, 1.54) is 29.2 Å². The maximum atomic E-state index is 13.1. The van der Waals surface area contributed by atoms with Crippen molar-refractivity contribution in [3.8, 4) is 11.5 Å². The lowest BCUT2D eigenvalue weighted by molar-refractivity contribution is -0.129. The monoisotopic (exact) mass is 398 g/mol. The number of imide groups is 1. The summed E-state index contributed by atoms with van der Waals surface area (Å²) in [6, 6.07) is 12.1. The van der Waals surface area contributed by atoms with Crippen LogP contribution in [0.3, 0.4) is 0 Å². The zero-order chi connectivity index (χ0) is 20.2. The first-order chi connectivity index (χ1) is 14.1. The molecule has 0 aliphatic carbocycles. The fourth-order valence-corrected chi connectivity index (χ4v) is 3.63. The van der Waals surface area contributed by atoms with Crippen LogP contribution in [0, 0.1) is 11.7 Å². The van der Waals surface area contributed by atoms with Crippen molar-refractivity contribution >= 4 is 17.5 Å². The SMILES string of the molecule is O=C(C1CCOC1)N(C(=O)C1CCCN1)c1ccc(Oc2ccc(F)cc2)cc1. The maximum absolute atomic E-state index is 13.1. The van der Waals surface area contributed by atoms with Gasteiger partial charge in [-0.15, -0.1) is 0 Å². The number of carbonyl (C=O) groups excluding carboxylic acids is 2. The molecule has 0 aromatic heterocycles. The molecule has 2 aromatic carbocycles. The Kier molecular flexibility index (Phi) is 5.87. The number of hydrogen-bond donors (Lipinski definition) is 1. The van der Waals surface area contributed by atoms with Crippen LogP contribution in [0.15, 0.2) is 48.5 Å². The van der Waals surface area contributed by atoms with Gasteiger partial charge in [-0.25, -0.2) is 9.29 Å². The first kappa shape index (κ1) is 19.5. The van der Waals surface area contributed by atoms with Crippen LogP contribution in [-0.4, -0.2) is 37.6 Å². The molecule has 7 heteroatoms. The highest BCUT2D eigenvalue weighted by molar-refractivity contribution is 6.17. The number of amides is 2. The minimum Gasteiger partial charge on any atom is -0.457 e. The van der Waals surface area contributed by atoms with Gasteiger partial charge in [-0.2, -0.15) is 0 Å². The number of benzene rings is 2. The van der Waals surface area contributed by atoms with Crippen LogP contribution in [0.25, 0.3) is 0 Å². The Morgan fingerprint density at radius 1 is 1.00 bits per heavy atom. The number of nitrogens with zero attached hydrogens (tertiary/aromatic N) is 1. The topological polar surface area (TPSA) is 67.9 Å². The molecule has 2 unspecified atom stereocenters. The van der Waals surface area contributed by atoms with Gasteiger partial charge in [0, 0.05) is 6.61 Å². The van der Waals surface area contributed by atoms with Gasteiger partial charge in [0.15, 0.2) is 0 Å². The van der Waals surface area contributed by atoms with Crippen LogP contribution in [-0.2, 0) is 14.3 Å². The lowest BCUT2D eigenvalue weighted by Gasteiger charge is -2.26. The molecule has 0 radical (unpaired) electrons. The quantitative estimate of drug-likeness (QED) is 0.783. The van der Waals surface area contributed by atoms with E-state index in [9.17, 15) is 14.0 Å². The van der Waals surface area contributed by atoms with Gasteiger partial charge >= 0.3 is 0 Å². The van der Waals surface area contributed by atoms with Gasteiger partial charge in [0.2, 0.25) is 5.91 Å². The predicted octanol–water partition coefficient (Wildman–Crippen LogP) is 3.27. The van der Waals surface area contributed by atoms with Gasteiger partial charge in [0.25, 0.3) is 5.91 Å². The maximum Gasteiger partial charge on any atom is 0.250 e. The first-order valence-corrected chi connectivity index (χ1v) is 9.84. The van der Waals surface area contributed by atoms with E-state index in [1.807, 2.05) is 0 Å². The Balaban J connectivity index is 1.55. The van der Waals surface area contributed by atoms with E-state index in [1.54, 1.807) is 24.3 Å². The highest BCUT2D eigenvalue weighted by Gasteiger charge is 2.36. The molecule has 0 saturated carbocycles. The highest BCUT2D eigenvalue weighted by atomic mass is 19.1. The Morgan fingerprint density at radius 3 is 2.28 bits per heavy atom. The molecule has 0 bridgehead atoms. The van der Waals surface area contributed by atoms with E-state index in [4.69, 9.17) is 9.47 Å². The smallest absolute Gasteiger partial charge is 0.250 e. The molecule has 2 atom stereocenters. The lowest BCUT2D eigenvalue weighted by atomic mass is 10.1. The van der Waals surface area contributed by atoms with Crippen molar-refractivity contribution < 1.29 is 23.5 Å². The van der Waals surface area contributed by atoms with Crippen molar-refractivity contribution in [3.63, 3.8) is 0 Å². The highest BCUT2D eigenvalue weighted by Crippen LogP contribution is 2.28. The fraction of sp³-hybridized carbons (Fsp3) is 0.364. The van der Waals surface area contributed by atoms with Crippen LogP contribution in [0.1, 0.15) is 19.3 Å². The summed E-state index contributed by atoms with van der Waals surface area (Å²) >= 11 is 0. The molecule has 152 valence electrons. The van der Waals surface area contributed by atoms with Gasteiger partial charge in [-0.05, 0) is 74.3 Å². The summed E-state index contributed by atoms with van der Waals surface area (Å²) in [5.41, 5.74) is 0.507. The molecule has 2 fully saturated rings. The summed E-state index contributed by atoms with van der Waals surface area (Å²) in [5.74, 6) is -0.0721. The van der Waals surface area contributed by atoms with Crippen LogP contribution in [0.5, 0.6) is 11.5 Å². The molecule has 2 aromatic rings. The zero-order valence-electron chi connectivity index (χ0n) is 16.0. The summed E-state index contributed by atoms with van der Waals surface area (Å²) in [6.45, 7) is 1.65. The third-order valence-corrected chi connectivity index (χ3v) is 5.22. The van der Waals surface area contributed by atoms with E-state index in [0.717, 1.165) is 19.4 Å². The minimum absolute atomic E-state index is 0.228. The summed E-state index contributed by atoms with van der Waals surface area (Å²) in [7, 11) is 0. The van der Waals surface area contributed by atoms with E-state index in [2.05, 4.69) is 5.32 Å². The van der Waals surface area contributed by atoms with Crippen molar-refractivity contribution in [1.82, 2.24) is 5.32 Å². The predicted molar refractivity (Wildman–Crippen MR) is 105 cm³/mol. The minimum atomic E-state index is -0.351. The second kappa shape index (κ2) is 8.71. The van der Waals surface area contributed by atoms with Gasteiger partial charge in [0.05, 0.1) is 24.3 Å². The van der Waals surface area contributed by atoms with E-state index < -0.39 is 0 Å². The second-order valence-corrected chi connectivity index (χ2v) is 7.27. The molecule has 29 heavy (non-hydrogen) atoms. The third kappa shape index (κ3) is 4.46. The Bertz CT molecular complexity index is 829. The number of carbonyl (C=O) groups is 2. The van der Waals surface area contributed by atoms with Crippen LogP contribution in [0.2, 0.25) is 0 Å². The molecule has 6 nitrogen and oxygen atoms in total. The number of nitrogens with one attached hydrogen (secondary N) is 1. The van der Waals surface area contributed by atoms with Crippen molar-refractivity contribution in [2.45, 2.75) is 25.3 Å². The molecule has 2 aliphatic heterocycles. The van der Waals surface area contributed by atoms with Crippen LogP contribution < -0.4 is 15.0 Å². The molecule has 0 spiro atoms. The Hall–Kier alpha value is -2.77. The van der Waals surface area contributed by atoms with E-state index in [0.29, 0.717) is 36.8 Å². The van der Waals surface area contributed by atoms with Gasteiger partial charge in [-0.1, -0.05) is 0 Å². The standard InChI is InChI=1S/C22H23FN2O4/c23-16-3-7-18(8-4-16)29-19-9-5-17(6-10-19)25(21(26)15-11-13-28-14-15)22(27)20-2-1-12-24-20/h3-10,15,20,24H,1-2,11-14H2. The Morgan fingerprint density at radius 2 is 1.69 bits per heavy atom. The van der Waals surface area contributed by atoms with Crippen LogP contribution >= 0.6 is 0 Å². The van der Waals surface area contributed by atoms with E-state index >= 15 is 0 Å². The number of halogens is 1. The van der Waals surface area contributed by atoms with Gasteiger partial charge in [0.1, 0.15) is 17.3 Å². The molecule has 1 N–H and O–H groups in total. The molecule has 2 saturated heterocycles. The molecular weight excluding hydrogens is 375 g/mol. The third-order valence-electron chi connectivity index (χ3n) is 5.22. The summed E-state index contributed by atoms with van der Waals surface area (Å²) < 4.78 is 24.1. The van der Waals surface area contributed by atoms with Crippen LogP contribution in [0.4, 0.5) is 10.1 Å².